The summed E-state index contributed by atoms with van der Waals surface area (Å²) in [4.78, 5) is 41.1. The average Bonchev–Trinajstić information content (AvgIpc) is 3.06. The van der Waals surface area contributed by atoms with Crippen molar-refractivity contribution in [2.45, 2.75) is 65.0 Å². The molecule has 0 radical (unpaired) electrons. The topological polar surface area (TPSA) is 95.9 Å². The molecule has 10 heteroatoms. The predicted molar refractivity (Wildman–Crippen MR) is 175 cm³/mol. The summed E-state index contributed by atoms with van der Waals surface area (Å²) in [6.07, 6.45) is -4.20. The third-order valence-corrected chi connectivity index (χ3v) is 8.32. The number of hydrogen-bond acceptors (Lipinski definition) is 4. The van der Waals surface area contributed by atoms with Crippen molar-refractivity contribution < 1.29 is 37.4 Å². The SMILES string of the molecule is CC(C)(C)C(=O)N1Cc2cc(OCc3ccc(C(F)(F)F)cc3)ccc2C[C@H]1C(=O)N[C@@H](Cc1ccc(-c2ccccc2)cc1)C(=O)O. The minimum absolute atomic E-state index is 0.0398. The zero-order chi connectivity index (χ0) is 34.6. The molecule has 0 unspecified atom stereocenters. The van der Waals surface area contributed by atoms with Gasteiger partial charge in [0.2, 0.25) is 11.8 Å². The number of rotatable bonds is 9. The molecule has 0 bridgehead atoms. The van der Waals surface area contributed by atoms with Crippen LogP contribution in [0, 0.1) is 5.41 Å². The van der Waals surface area contributed by atoms with Gasteiger partial charge in [-0.3, -0.25) is 9.59 Å². The Kier molecular flexibility index (Phi) is 9.93. The van der Waals surface area contributed by atoms with E-state index in [0.29, 0.717) is 11.3 Å². The second-order valence-electron chi connectivity index (χ2n) is 13.0. The number of carboxylic acids is 1. The molecular weight excluding hydrogens is 621 g/mol. The van der Waals surface area contributed by atoms with Gasteiger partial charge < -0.3 is 20.1 Å². The molecule has 4 aromatic rings. The van der Waals surface area contributed by atoms with Crippen molar-refractivity contribution in [3.8, 4) is 16.9 Å². The number of halogens is 3. The number of carbonyl (C=O) groups excluding carboxylic acids is 2. The number of hydrogen-bond donors (Lipinski definition) is 2. The van der Waals surface area contributed by atoms with Crippen LogP contribution in [0.4, 0.5) is 13.2 Å². The van der Waals surface area contributed by atoms with Gasteiger partial charge in [0, 0.05) is 24.8 Å². The fraction of sp³-hybridized carbons (Fsp3) is 0.289. The maximum absolute atomic E-state index is 13.7. The minimum atomic E-state index is -4.42. The number of benzene rings is 4. The lowest BCUT2D eigenvalue weighted by molar-refractivity contribution is -0.149. The molecule has 0 saturated heterocycles. The van der Waals surface area contributed by atoms with Gasteiger partial charge in [0.25, 0.3) is 0 Å². The number of ether oxygens (including phenoxy) is 1. The Morgan fingerprint density at radius 1 is 0.854 bits per heavy atom. The zero-order valence-corrected chi connectivity index (χ0v) is 26.9. The number of alkyl halides is 3. The van der Waals surface area contributed by atoms with Crippen LogP contribution in [-0.4, -0.2) is 39.9 Å². The molecule has 1 aliphatic rings. The van der Waals surface area contributed by atoms with E-state index in [1.165, 1.54) is 17.0 Å². The third-order valence-electron chi connectivity index (χ3n) is 8.32. The van der Waals surface area contributed by atoms with Crippen molar-refractivity contribution in [3.63, 3.8) is 0 Å². The molecule has 48 heavy (non-hydrogen) atoms. The van der Waals surface area contributed by atoms with Crippen molar-refractivity contribution in [2.75, 3.05) is 0 Å². The molecule has 7 nitrogen and oxygen atoms in total. The van der Waals surface area contributed by atoms with E-state index in [0.717, 1.165) is 39.9 Å². The molecule has 5 rings (SSSR count). The van der Waals surface area contributed by atoms with E-state index in [2.05, 4.69) is 5.32 Å². The van der Waals surface area contributed by atoms with Crippen molar-refractivity contribution in [1.82, 2.24) is 10.2 Å². The van der Waals surface area contributed by atoms with Crippen LogP contribution >= 0.6 is 0 Å². The van der Waals surface area contributed by atoms with Crippen LogP contribution in [0.2, 0.25) is 0 Å². The maximum atomic E-state index is 13.7. The molecule has 1 aliphatic heterocycles. The highest BCUT2D eigenvalue weighted by Crippen LogP contribution is 2.32. The Balaban J connectivity index is 1.30. The Morgan fingerprint density at radius 2 is 1.48 bits per heavy atom. The largest absolute Gasteiger partial charge is 0.489 e. The van der Waals surface area contributed by atoms with Gasteiger partial charge in [-0.15, -0.1) is 0 Å². The number of amides is 2. The van der Waals surface area contributed by atoms with E-state index in [9.17, 15) is 32.7 Å². The summed E-state index contributed by atoms with van der Waals surface area (Å²) in [5, 5.41) is 12.7. The minimum Gasteiger partial charge on any atom is -0.489 e. The molecule has 250 valence electrons. The summed E-state index contributed by atoms with van der Waals surface area (Å²) < 4.78 is 44.6. The molecule has 2 N–H and O–H groups in total. The van der Waals surface area contributed by atoms with Crippen molar-refractivity contribution in [3.05, 3.63) is 125 Å². The second kappa shape index (κ2) is 13.9. The molecule has 0 spiro atoms. The number of fused-ring (bicyclic) bond motifs is 1. The third kappa shape index (κ3) is 8.23. The monoisotopic (exact) mass is 658 g/mol. The predicted octanol–water partition coefficient (Wildman–Crippen LogP) is 7.06. The van der Waals surface area contributed by atoms with Crippen LogP contribution in [0.1, 0.15) is 48.6 Å². The van der Waals surface area contributed by atoms with Gasteiger partial charge in [0.05, 0.1) is 5.56 Å². The zero-order valence-electron chi connectivity index (χ0n) is 26.9. The lowest BCUT2D eigenvalue weighted by Crippen LogP contribution is -2.57. The Bertz CT molecular complexity index is 1770. The fourth-order valence-corrected chi connectivity index (χ4v) is 5.65. The summed E-state index contributed by atoms with van der Waals surface area (Å²) in [5.41, 5.74) is 3.32. The second-order valence-corrected chi connectivity index (χ2v) is 13.0. The van der Waals surface area contributed by atoms with Crippen LogP contribution in [0.15, 0.2) is 97.1 Å². The van der Waals surface area contributed by atoms with Gasteiger partial charge in [-0.05, 0) is 57.6 Å². The first kappa shape index (κ1) is 34.2. The lowest BCUT2D eigenvalue weighted by Gasteiger charge is -2.39. The van der Waals surface area contributed by atoms with Crippen LogP contribution in [-0.2, 0) is 46.6 Å². The molecule has 2 atom stereocenters. The molecule has 4 aromatic carbocycles. The summed E-state index contributed by atoms with van der Waals surface area (Å²) in [6.45, 7) is 5.39. The first-order chi connectivity index (χ1) is 22.7. The van der Waals surface area contributed by atoms with Crippen molar-refractivity contribution in [2.24, 2.45) is 5.41 Å². The summed E-state index contributed by atoms with van der Waals surface area (Å²) in [6, 6.07) is 25.1. The van der Waals surface area contributed by atoms with Crippen molar-refractivity contribution in [1.29, 1.82) is 0 Å². The van der Waals surface area contributed by atoms with Gasteiger partial charge in [-0.2, -0.15) is 13.2 Å². The van der Waals surface area contributed by atoms with Crippen LogP contribution in [0.25, 0.3) is 11.1 Å². The van der Waals surface area contributed by atoms with E-state index < -0.39 is 41.1 Å². The summed E-state index contributed by atoms with van der Waals surface area (Å²) >= 11 is 0. The molecule has 0 aromatic heterocycles. The number of aliphatic carboxylic acids is 1. The number of carboxylic acid groups (broad SMARTS) is 1. The molecule has 0 aliphatic carbocycles. The summed E-state index contributed by atoms with van der Waals surface area (Å²) in [5.74, 6) is -1.55. The summed E-state index contributed by atoms with van der Waals surface area (Å²) in [7, 11) is 0. The van der Waals surface area contributed by atoms with Crippen molar-refractivity contribution >= 4 is 17.8 Å². The molecule has 0 saturated carbocycles. The molecule has 2 amide bonds. The Hall–Kier alpha value is -5.12. The average molecular weight is 659 g/mol. The standard InChI is InChI=1S/C38H37F3N2O5/c1-37(2,3)36(47)43-22-29-20-31(48-23-25-11-16-30(17-12-25)38(39,40)41)18-15-28(29)21-33(43)34(44)42-32(35(45)46)19-24-9-13-27(14-10-24)26-7-5-4-6-8-26/h4-18,20,32-33H,19,21-23H2,1-3H3,(H,42,44)(H,45,46)/t32-,33-/m0/s1. The Labute approximate surface area is 277 Å². The van der Waals surface area contributed by atoms with E-state index >= 15 is 0 Å². The van der Waals surface area contributed by atoms with Gasteiger partial charge in [0.1, 0.15) is 24.4 Å². The smallest absolute Gasteiger partial charge is 0.416 e. The molecule has 1 heterocycles. The first-order valence-corrected chi connectivity index (χ1v) is 15.6. The van der Waals surface area contributed by atoms with Gasteiger partial charge in [-0.1, -0.05) is 93.6 Å². The Morgan fingerprint density at radius 3 is 2.08 bits per heavy atom. The molecule has 0 fully saturated rings. The van der Waals surface area contributed by atoms with E-state index in [1.807, 2.05) is 54.6 Å². The van der Waals surface area contributed by atoms with Gasteiger partial charge >= 0.3 is 12.1 Å². The fourth-order valence-electron chi connectivity index (χ4n) is 5.65. The first-order valence-electron chi connectivity index (χ1n) is 15.6. The van der Waals surface area contributed by atoms with Crippen LogP contribution in [0.5, 0.6) is 5.75 Å². The molecular formula is C38H37F3N2O5. The number of nitrogens with zero attached hydrogens (tertiary/aromatic N) is 1. The highest BCUT2D eigenvalue weighted by Gasteiger charge is 2.40. The highest BCUT2D eigenvalue weighted by molar-refractivity contribution is 5.92. The van der Waals surface area contributed by atoms with E-state index in [4.69, 9.17) is 4.74 Å². The highest BCUT2D eigenvalue weighted by atomic mass is 19.4. The van der Waals surface area contributed by atoms with Crippen LogP contribution < -0.4 is 10.1 Å². The van der Waals surface area contributed by atoms with Gasteiger partial charge in [0.15, 0.2) is 0 Å². The number of carbonyl (C=O) groups is 3. The normalized spacial score (nSPS) is 15.3. The number of nitrogens with one attached hydrogen (secondary N) is 1. The van der Waals surface area contributed by atoms with Gasteiger partial charge in [-0.25, -0.2) is 4.79 Å². The maximum Gasteiger partial charge on any atom is 0.416 e. The lowest BCUT2D eigenvalue weighted by atomic mass is 9.88. The van der Waals surface area contributed by atoms with E-state index in [-0.39, 0.29) is 31.9 Å². The quantitative estimate of drug-likeness (QED) is 0.201. The van der Waals surface area contributed by atoms with E-state index in [1.54, 1.807) is 39.0 Å². The van der Waals surface area contributed by atoms with Crippen LogP contribution in [0.3, 0.4) is 0 Å².